The van der Waals surface area contributed by atoms with E-state index in [1.54, 1.807) is 0 Å². The van der Waals surface area contributed by atoms with Gasteiger partial charge in [-0.3, -0.25) is 0 Å². The lowest BCUT2D eigenvalue weighted by molar-refractivity contribution is 1.07. The number of fused-ring (bicyclic) bond motifs is 2. The standard InChI is InChI=1S/C33H21ClN4/c34-33-36-31(35-32(37-33)29-13-7-10-22-8-1-3-11-27(22)29)24-16-14-23(15-17-24)30-21-26(38-18-5-6-19-38)20-25-9-2-4-12-28(25)30/h1-21H. The molecule has 0 fully saturated rings. The summed E-state index contributed by atoms with van der Waals surface area (Å²) in [5.41, 5.74) is 5.22. The maximum absolute atomic E-state index is 6.40. The highest BCUT2D eigenvalue weighted by Crippen LogP contribution is 2.33. The Morgan fingerprint density at radius 1 is 0.500 bits per heavy atom. The molecule has 0 spiro atoms. The molecule has 0 aliphatic carbocycles. The molecule has 0 aliphatic heterocycles. The first-order valence-corrected chi connectivity index (χ1v) is 12.8. The van der Waals surface area contributed by atoms with Crippen LogP contribution in [0, 0.1) is 0 Å². The zero-order valence-electron chi connectivity index (χ0n) is 20.3. The lowest BCUT2D eigenvalue weighted by Crippen LogP contribution is -1.98. The lowest BCUT2D eigenvalue weighted by atomic mass is 9.96. The first kappa shape index (κ1) is 22.4. The van der Waals surface area contributed by atoms with E-state index in [4.69, 9.17) is 16.6 Å². The molecule has 38 heavy (non-hydrogen) atoms. The van der Waals surface area contributed by atoms with Gasteiger partial charge < -0.3 is 4.57 Å². The smallest absolute Gasteiger partial charge is 0.226 e. The van der Waals surface area contributed by atoms with E-state index in [-0.39, 0.29) is 5.28 Å². The van der Waals surface area contributed by atoms with Gasteiger partial charge in [0.15, 0.2) is 11.6 Å². The van der Waals surface area contributed by atoms with Gasteiger partial charge in [-0.25, -0.2) is 4.98 Å². The molecule has 0 aliphatic rings. The van der Waals surface area contributed by atoms with Crippen molar-refractivity contribution in [1.29, 1.82) is 0 Å². The summed E-state index contributed by atoms with van der Waals surface area (Å²) >= 11 is 6.40. The third-order valence-electron chi connectivity index (χ3n) is 6.84. The molecule has 180 valence electrons. The molecule has 2 aromatic heterocycles. The van der Waals surface area contributed by atoms with E-state index >= 15 is 0 Å². The highest BCUT2D eigenvalue weighted by atomic mass is 35.5. The molecule has 4 nitrogen and oxygen atoms in total. The van der Waals surface area contributed by atoms with Crippen LogP contribution in [-0.2, 0) is 0 Å². The highest BCUT2D eigenvalue weighted by Gasteiger charge is 2.13. The minimum absolute atomic E-state index is 0.174. The molecule has 0 amide bonds. The molecule has 0 unspecified atom stereocenters. The van der Waals surface area contributed by atoms with Crippen molar-refractivity contribution in [2.45, 2.75) is 0 Å². The van der Waals surface area contributed by atoms with Gasteiger partial charge in [0.05, 0.1) is 0 Å². The van der Waals surface area contributed by atoms with Crippen LogP contribution in [0.3, 0.4) is 0 Å². The van der Waals surface area contributed by atoms with Crippen LogP contribution in [0.25, 0.3) is 61.1 Å². The summed E-state index contributed by atoms with van der Waals surface area (Å²) < 4.78 is 2.13. The number of hydrogen-bond donors (Lipinski definition) is 0. The normalized spacial score (nSPS) is 11.3. The topological polar surface area (TPSA) is 43.6 Å². The average molecular weight is 509 g/mol. The van der Waals surface area contributed by atoms with Crippen LogP contribution in [0.1, 0.15) is 0 Å². The number of hydrogen-bond acceptors (Lipinski definition) is 3. The second-order valence-electron chi connectivity index (χ2n) is 9.16. The minimum atomic E-state index is 0.174. The Hall–Kier alpha value is -4.80. The van der Waals surface area contributed by atoms with E-state index < -0.39 is 0 Å². The number of nitrogens with zero attached hydrogens (tertiary/aromatic N) is 4. The minimum Gasteiger partial charge on any atom is -0.324 e. The van der Waals surface area contributed by atoms with Crippen molar-refractivity contribution in [2.75, 3.05) is 0 Å². The molecule has 0 bridgehead atoms. The van der Waals surface area contributed by atoms with E-state index in [0.29, 0.717) is 11.6 Å². The maximum Gasteiger partial charge on any atom is 0.226 e. The summed E-state index contributed by atoms with van der Waals surface area (Å²) in [6.45, 7) is 0. The van der Waals surface area contributed by atoms with Crippen LogP contribution >= 0.6 is 11.6 Å². The Bertz CT molecular complexity index is 1920. The largest absolute Gasteiger partial charge is 0.324 e. The van der Waals surface area contributed by atoms with Crippen molar-refractivity contribution in [3.05, 3.63) is 133 Å². The monoisotopic (exact) mass is 508 g/mol. The van der Waals surface area contributed by atoms with E-state index in [1.807, 2.05) is 48.5 Å². The van der Waals surface area contributed by atoms with Gasteiger partial charge in [-0.05, 0) is 68.5 Å². The number of rotatable bonds is 4. The predicted molar refractivity (Wildman–Crippen MR) is 155 cm³/mol. The molecular formula is C33H21ClN4. The number of aromatic nitrogens is 4. The van der Waals surface area contributed by atoms with Gasteiger partial charge in [0.1, 0.15) is 0 Å². The van der Waals surface area contributed by atoms with Crippen molar-refractivity contribution in [3.8, 4) is 39.6 Å². The Kier molecular flexibility index (Phi) is 5.46. The van der Waals surface area contributed by atoms with Gasteiger partial charge in [0.2, 0.25) is 5.28 Å². The quantitative estimate of drug-likeness (QED) is 0.239. The van der Waals surface area contributed by atoms with Crippen molar-refractivity contribution in [3.63, 3.8) is 0 Å². The van der Waals surface area contributed by atoms with Crippen LogP contribution < -0.4 is 0 Å². The molecule has 0 N–H and O–H groups in total. The van der Waals surface area contributed by atoms with Crippen molar-refractivity contribution in [2.24, 2.45) is 0 Å². The third-order valence-corrected chi connectivity index (χ3v) is 7.01. The molecule has 7 aromatic rings. The molecule has 0 saturated heterocycles. The summed E-state index contributed by atoms with van der Waals surface area (Å²) in [5.74, 6) is 1.11. The van der Waals surface area contributed by atoms with Crippen LogP contribution in [0.4, 0.5) is 0 Å². The first-order chi connectivity index (χ1) is 18.7. The zero-order chi connectivity index (χ0) is 25.5. The summed E-state index contributed by atoms with van der Waals surface area (Å²) in [6, 6.07) is 39.6. The van der Waals surface area contributed by atoms with E-state index in [1.165, 1.54) is 16.3 Å². The van der Waals surface area contributed by atoms with Gasteiger partial charge in [-0.1, -0.05) is 91.0 Å². The predicted octanol–water partition coefficient (Wildman–Crippen LogP) is 8.62. The second-order valence-corrected chi connectivity index (χ2v) is 9.50. The van der Waals surface area contributed by atoms with Crippen molar-refractivity contribution >= 4 is 33.1 Å². The van der Waals surface area contributed by atoms with Crippen molar-refractivity contribution < 1.29 is 0 Å². The second kappa shape index (κ2) is 9.25. The summed E-state index contributed by atoms with van der Waals surface area (Å²) in [4.78, 5) is 13.7. The molecule has 0 radical (unpaired) electrons. The fourth-order valence-electron chi connectivity index (χ4n) is 5.01. The average Bonchev–Trinajstić information content (AvgIpc) is 3.51. The Morgan fingerprint density at radius 3 is 1.92 bits per heavy atom. The SMILES string of the molecule is Clc1nc(-c2ccc(-c3cc(-n4cccc4)cc4ccccc34)cc2)nc(-c2cccc3ccccc23)n1. The van der Waals surface area contributed by atoms with E-state index in [0.717, 1.165) is 33.2 Å². The molecule has 0 atom stereocenters. The number of benzene rings is 5. The van der Waals surface area contributed by atoms with Gasteiger partial charge in [-0.15, -0.1) is 0 Å². The highest BCUT2D eigenvalue weighted by molar-refractivity contribution is 6.28. The van der Waals surface area contributed by atoms with Crippen LogP contribution in [0.15, 0.2) is 128 Å². The third kappa shape index (κ3) is 4.01. The summed E-state index contributed by atoms with van der Waals surface area (Å²) in [7, 11) is 0. The van der Waals surface area contributed by atoms with E-state index in [2.05, 4.69) is 93.7 Å². The molecule has 2 heterocycles. The fraction of sp³-hybridized carbons (Fsp3) is 0. The summed E-state index contributed by atoms with van der Waals surface area (Å²) in [5, 5.41) is 4.78. The van der Waals surface area contributed by atoms with Gasteiger partial charge in [0, 0.05) is 29.2 Å². The van der Waals surface area contributed by atoms with Gasteiger partial charge in [0.25, 0.3) is 0 Å². The summed E-state index contributed by atoms with van der Waals surface area (Å²) in [6.07, 6.45) is 4.13. The van der Waals surface area contributed by atoms with Crippen LogP contribution in [0.5, 0.6) is 0 Å². The maximum atomic E-state index is 6.40. The Morgan fingerprint density at radius 2 is 1.13 bits per heavy atom. The van der Waals surface area contributed by atoms with Crippen molar-refractivity contribution in [1.82, 2.24) is 19.5 Å². The molecule has 5 heteroatoms. The van der Waals surface area contributed by atoms with Gasteiger partial charge >= 0.3 is 0 Å². The van der Waals surface area contributed by atoms with E-state index in [9.17, 15) is 0 Å². The van der Waals surface area contributed by atoms with Crippen LogP contribution in [0.2, 0.25) is 5.28 Å². The molecular weight excluding hydrogens is 488 g/mol. The first-order valence-electron chi connectivity index (χ1n) is 12.4. The van der Waals surface area contributed by atoms with Crippen LogP contribution in [-0.4, -0.2) is 19.5 Å². The fourth-order valence-corrected chi connectivity index (χ4v) is 5.17. The lowest BCUT2D eigenvalue weighted by Gasteiger charge is -2.12. The molecule has 5 aromatic carbocycles. The number of halogens is 1. The Labute approximate surface area is 224 Å². The zero-order valence-corrected chi connectivity index (χ0v) is 21.0. The Balaban J connectivity index is 1.31. The van der Waals surface area contributed by atoms with Gasteiger partial charge in [-0.2, -0.15) is 9.97 Å². The molecule has 0 saturated carbocycles. The molecule has 7 rings (SSSR count).